The second-order valence-electron chi connectivity index (χ2n) is 5.22. The van der Waals surface area contributed by atoms with Crippen LogP contribution < -0.4 is 10.9 Å². The molecular formula is C19H16N6O. The third-order valence-corrected chi connectivity index (χ3v) is 3.30. The zero-order chi connectivity index (χ0) is 18.0. The lowest BCUT2D eigenvalue weighted by Gasteiger charge is -2.03. The van der Waals surface area contributed by atoms with E-state index in [4.69, 9.17) is 0 Å². The quantitative estimate of drug-likeness (QED) is 0.531. The van der Waals surface area contributed by atoms with Gasteiger partial charge in [0.15, 0.2) is 0 Å². The first-order valence-corrected chi connectivity index (χ1v) is 7.84. The standard InChI is InChI=1S/C19H16N6O/c26-19(25-23-14-16-4-2-10-21-12-16)17-5-7-18(8-6-17)24-22-13-15-3-1-9-20-11-15/h1-14,24H,(H,25,26). The van der Waals surface area contributed by atoms with Crippen LogP contribution in [-0.4, -0.2) is 28.3 Å². The van der Waals surface area contributed by atoms with Crippen LogP contribution >= 0.6 is 0 Å². The minimum absolute atomic E-state index is 0.296. The van der Waals surface area contributed by atoms with Gasteiger partial charge in [0, 0.05) is 41.5 Å². The number of nitrogens with one attached hydrogen (secondary N) is 2. The summed E-state index contributed by atoms with van der Waals surface area (Å²) in [5.41, 5.74) is 8.33. The molecule has 2 heterocycles. The number of nitrogens with zero attached hydrogens (tertiary/aromatic N) is 4. The number of amides is 1. The highest BCUT2D eigenvalue weighted by molar-refractivity contribution is 5.95. The first-order chi connectivity index (χ1) is 12.8. The number of pyridine rings is 2. The first-order valence-electron chi connectivity index (χ1n) is 7.84. The SMILES string of the molecule is O=C(NN=Cc1cccnc1)c1ccc(NN=Cc2cccnc2)cc1. The summed E-state index contributed by atoms with van der Waals surface area (Å²) in [7, 11) is 0. The van der Waals surface area contributed by atoms with Crippen molar-refractivity contribution in [2.24, 2.45) is 10.2 Å². The van der Waals surface area contributed by atoms with Gasteiger partial charge in [0.2, 0.25) is 0 Å². The molecular weight excluding hydrogens is 328 g/mol. The maximum atomic E-state index is 12.0. The maximum absolute atomic E-state index is 12.0. The van der Waals surface area contributed by atoms with Gasteiger partial charge in [-0.1, -0.05) is 12.1 Å². The van der Waals surface area contributed by atoms with Crippen LogP contribution in [0.15, 0.2) is 83.5 Å². The minimum atomic E-state index is -0.296. The van der Waals surface area contributed by atoms with E-state index < -0.39 is 0 Å². The summed E-state index contributed by atoms with van der Waals surface area (Å²) >= 11 is 0. The maximum Gasteiger partial charge on any atom is 0.271 e. The highest BCUT2D eigenvalue weighted by atomic mass is 16.2. The number of hydrogen-bond donors (Lipinski definition) is 2. The van der Waals surface area contributed by atoms with Crippen molar-refractivity contribution in [3.8, 4) is 0 Å². The van der Waals surface area contributed by atoms with Crippen molar-refractivity contribution >= 4 is 24.0 Å². The normalized spacial score (nSPS) is 10.9. The van der Waals surface area contributed by atoms with Crippen LogP contribution in [0.4, 0.5) is 5.69 Å². The van der Waals surface area contributed by atoms with Gasteiger partial charge in [0.25, 0.3) is 5.91 Å². The van der Waals surface area contributed by atoms with Crippen molar-refractivity contribution < 1.29 is 4.79 Å². The number of carbonyl (C=O) groups is 1. The van der Waals surface area contributed by atoms with Crippen molar-refractivity contribution in [3.63, 3.8) is 0 Å². The molecule has 0 radical (unpaired) electrons. The average Bonchev–Trinajstić information content (AvgIpc) is 2.70. The molecule has 128 valence electrons. The molecule has 0 unspecified atom stereocenters. The van der Waals surface area contributed by atoms with Gasteiger partial charge in [-0.05, 0) is 36.4 Å². The summed E-state index contributed by atoms with van der Waals surface area (Å²) in [5.74, 6) is -0.296. The van der Waals surface area contributed by atoms with Crippen molar-refractivity contribution in [2.75, 3.05) is 5.43 Å². The van der Waals surface area contributed by atoms with Crippen LogP contribution in [0.25, 0.3) is 0 Å². The van der Waals surface area contributed by atoms with Gasteiger partial charge >= 0.3 is 0 Å². The molecule has 0 aliphatic heterocycles. The summed E-state index contributed by atoms with van der Waals surface area (Å²) in [5, 5.41) is 8.04. The fraction of sp³-hybridized carbons (Fsp3) is 0. The third kappa shape index (κ3) is 5.07. The molecule has 2 N–H and O–H groups in total. The van der Waals surface area contributed by atoms with E-state index in [0.29, 0.717) is 5.56 Å². The highest BCUT2D eigenvalue weighted by Gasteiger charge is 2.03. The molecule has 1 aromatic carbocycles. The summed E-state index contributed by atoms with van der Waals surface area (Å²) in [4.78, 5) is 20.0. The van der Waals surface area contributed by atoms with Crippen LogP contribution in [-0.2, 0) is 0 Å². The van der Waals surface area contributed by atoms with Crippen molar-refractivity contribution in [2.45, 2.75) is 0 Å². The number of benzene rings is 1. The Morgan fingerprint density at radius 3 is 2.04 bits per heavy atom. The van der Waals surface area contributed by atoms with Gasteiger partial charge in [-0.2, -0.15) is 10.2 Å². The lowest BCUT2D eigenvalue weighted by atomic mass is 10.2. The number of carbonyl (C=O) groups excluding carboxylic acids is 1. The van der Waals surface area contributed by atoms with Gasteiger partial charge < -0.3 is 0 Å². The fourth-order valence-electron chi connectivity index (χ4n) is 2.01. The largest absolute Gasteiger partial charge is 0.279 e. The Morgan fingerprint density at radius 2 is 1.46 bits per heavy atom. The van der Waals surface area contributed by atoms with Crippen molar-refractivity contribution in [1.29, 1.82) is 0 Å². The highest BCUT2D eigenvalue weighted by Crippen LogP contribution is 2.09. The Kier molecular flexibility index (Phi) is 5.77. The smallest absolute Gasteiger partial charge is 0.271 e. The monoisotopic (exact) mass is 344 g/mol. The summed E-state index contributed by atoms with van der Waals surface area (Å²) in [6.07, 6.45) is 9.95. The van der Waals surface area contributed by atoms with E-state index in [0.717, 1.165) is 16.8 Å². The predicted octanol–water partition coefficient (Wildman–Crippen LogP) is 2.69. The van der Waals surface area contributed by atoms with E-state index in [1.807, 2.05) is 18.2 Å². The fourth-order valence-corrected chi connectivity index (χ4v) is 2.01. The Balaban J connectivity index is 1.52. The van der Waals surface area contributed by atoms with Crippen molar-refractivity contribution in [3.05, 3.63) is 90.0 Å². The van der Waals surface area contributed by atoms with Crippen LogP contribution in [0.5, 0.6) is 0 Å². The average molecular weight is 344 g/mol. The van der Waals surface area contributed by atoms with E-state index >= 15 is 0 Å². The minimum Gasteiger partial charge on any atom is -0.279 e. The zero-order valence-corrected chi connectivity index (χ0v) is 13.8. The lowest BCUT2D eigenvalue weighted by molar-refractivity contribution is 0.0955. The molecule has 0 spiro atoms. The molecule has 0 saturated heterocycles. The van der Waals surface area contributed by atoms with E-state index in [1.165, 1.54) is 6.21 Å². The first kappa shape index (κ1) is 17.0. The predicted molar refractivity (Wildman–Crippen MR) is 101 cm³/mol. The number of hydrazone groups is 2. The molecule has 7 nitrogen and oxygen atoms in total. The van der Waals surface area contributed by atoms with Gasteiger partial charge in [-0.3, -0.25) is 20.2 Å². The molecule has 0 aliphatic rings. The van der Waals surface area contributed by atoms with E-state index in [-0.39, 0.29) is 5.91 Å². The van der Waals surface area contributed by atoms with E-state index in [1.54, 1.807) is 61.3 Å². The molecule has 26 heavy (non-hydrogen) atoms. The third-order valence-electron chi connectivity index (χ3n) is 3.30. The second kappa shape index (κ2) is 8.84. The summed E-state index contributed by atoms with van der Waals surface area (Å²) in [6, 6.07) is 14.3. The Hall–Kier alpha value is -3.87. The topological polar surface area (TPSA) is 91.6 Å². The van der Waals surface area contributed by atoms with Gasteiger partial charge in [0.05, 0.1) is 18.1 Å². The number of anilines is 1. The molecule has 3 aromatic rings. The molecule has 7 heteroatoms. The molecule has 0 saturated carbocycles. The van der Waals surface area contributed by atoms with Crippen LogP contribution in [0.2, 0.25) is 0 Å². The summed E-state index contributed by atoms with van der Waals surface area (Å²) in [6.45, 7) is 0. The number of hydrogen-bond acceptors (Lipinski definition) is 6. The molecule has 0 fully saturated rings. The molecule has 3 rings (SSSR count). The Morgan fingerprint density at radius 1 is 0.846 bits per heavy atom. The van der Waals surface area contributed by atoms with Gasteiger partial charge in [-0.15, -0.1) is 0 Å². The van der Waals surface area contributed by atoms with E-state index in [9.17, 15) is 4.79 Å². The molecule has 1 amide bonds. The molecule has 0 bridgehead atoms. The molecule has 0 atom stereocenters. The number of rotatable bonds is 6. The van der Waals surface area contributed by atoms with Crippen LogP contribution in [0, 0.1) is 0 Å². The van der Waals surface area contributed by atoms with Crippen LogP contribution in [0.1, 0.15) is 21.5 Å². The zero-order valence-electron chi connectivity index (χ0n) is 13.8. The Labute approximate surface area is 150 Å². The van der Waals surface area contributed by atoms with Crippen molar-refractivity contribution in [1.82, 2.24) is 15.4 Å². The second-order valence-corrected chi connectivity index (χ2v) is 5.22. The lowest BCUT2D eigenvalue weighted by Crippen LogP contribution is -2.17. The summed E-state index contributed by atoms with van der Waals surface area (Å²) < 4.78 is 0. The van der Waals surface area contributed by atoms with Gasteiger partial charge in [0.1, 0.15) is 0 Å². The number of aromatic nitrogens is 2. The van der Waals surface area contributed by atoms with Crippen LogP contribution in [0.3, 0.4) is 0 Å². The molecule has 0 aliphatic carbocycles. The van der Waals surface area contributed by atoms with E-state index in [2.05, 4.69) is 31.0 Å². The van der Waals surface area contributed by atoms with Gasteiger partial charge in [-0.25, -0.2) is 5.43 Å². The Bertz CT molecular complexity index is 892. The molecule has 2 aromatic heterocycles.